The van der Waals surface area contributed by atoms with Crippen LogP contribution in [0, 0.1) is 39.0 Å². The largest absolute Gasteiger partial charge is 0.416 e. The van der Waals surface area contributed by atoms with Crippen LogP contribution in [0.15, 0.2) is 206 Å². The zero-order valence-corrected chi connectivity index (χ0v) is 40.1. The number of aryl methyl sites for hydroxylation is 4. The van der Waals surface area contributed by atoms with Crippen molar-refractivity contribution >= 4 is 43.6 Å². The Morgan fingerprint density at radius 1 is 0.347 bits per heavy atom. The second-order valence-electron chi connectivity index (χ2n) is 18.9. The topological polar surface area (TPSA) is 33.6 Å². The quantitative estimate of drug-likeness (QED) is 0.157. The second-order valence-corrected chi connectivity index (χ2v) is 18.9. The van der Waals surface area contributed by atoms with Crippen molar-refractivity contribution in [1.82, 2.24) is 9.13 Å². The molecule has 0 unspecified atom stereocenters. The molecule has 3 nitrogen and oxygen atoms in total. The number of hydrogen-bond acceptors (Lipinski definition) is 1. The molecule has 0 amide bonds. The predicted octanol–water partition coefficient (Wildman–Crippen LogP) is 18.3. The fourth-order valence-corrected chi connectivity index (χ4v) is 11.0. The highest BCUT2D eigenvalue weighted by atomic mass is 19.4. The Bertz CT molecular complexity index is 4010. The van der Waals surface area contributed by atoms with Gasteiger partial charge in [-0.1, -0.05) is 133 Å². The maximum atomic E-state index is 14.5. The first-order valence-electron chi connectivity index (χ1n) is 24.1. The van der Waals surface area contributed by atoms with Gasteiger partial charge in [-0.25, -0.2) is 0 Å². The Hall–Kier alpha value is -8.92. The monoisotopic (exact) mass is 937 g/mol. The van der Waals surface area contributed by atoms with Gasteiger partial charge in [-0.05, 0) is 173 Å². The molecule has 0 aliphatic carbocycles. The molecule has 346 valence electrons. The molecule has 12 aromatic rings. The summed E-state index contributed by atoms with van der Waals surface area (Å²) >= 11 is 0. The van der Waals surface area contributed by atoms with Crippen molar-refractivity contribution in [2.75, 3.05) is 0 Å². The van der Waals surface area contributed by atoms with Crippen molar-refractivity contribution in [3.8, 4) is 73.1 Å². The van der Waals surface area contributed by atoms with Crippen LogP contribution in [-0.2, 0) is 6.18 Å². The summed E-state index contributed by atoms with van der Waals surface area (Å²) in [5.41, 5.74) is 18.7. The molecule has 0 bridgehead atoms. The summed E-state index contributed by atoms with van der Waals surface area (Å²) in [7, 11) is 0. The Kier molecular flexibility index (Phi) is 10.6. The van der Waals surface area contributed by atoms with Crippen LogP contribution in [0.3, 0.4) is 0 Å². The van der Waals surface area contributed by atoms with Crippen molar-refractivity contribution in [3.63, 3.8) is 0 Å². The number of halogens is 3. The Morgan fingerprint density at radius 2 is 0.681 bits per heavy atom. The van der Waals surface area contributed by atoms with Gasteiger partial charge in [-0.15, -0.1) is 0 Å². The molecule has 0 spiro atoms. The zero-order chi connectivity index (χ0) is 49.4. The van der Waals surface area contributed by atoms with Gasteiger partial charge in [-0.2, -0.15) is 18.4 Å². The van der Waals surface area contributed by atoms with Gasteiger partial charge in [-0.3, -0.25) is 0 Å². The van der Waals surface area contributed by atoms with Crippen LogP contribution in [0.2, 0.25) is 0 Å². The molecule has 0 saturated heterocycles. The van der Waals surface area contributed by atoms with E-state index in [1.165, 1.54) is 6.07 Å². The molecule has 0 aliphatic rings. The number of nitriles is 1. The van der Waals surface area contributed by atoms with Crippen LogP contribution >= 0.6 is 0 Å². The standard InChI is InChI=1S/C66H46F3N3/c1-40-14-5-9-20-51(40)45-24-28-60-56(33-45)57-34-46(52-21-10-6-15-41(52)2)25-29-61(57)71(60)64-37-49(39-70)55(44-18-13-19-50(32-44)66(67,68)69)38-65(64)72-62-30-26-47(53-22-11-7-16-42(53)3)35-58(62)59-36-48(27-31-63(59)72)54-23-12-8-17-43(54)4/h5-38H,1-4H3. The first-order valence-corrected chi connectivity index (χ1v) is 24.1. The highest BCUT2D eigenvalue weighted by Crippen LogP contribution is 2.45. The van der Waals surface area contributed by atoms with Gasteiger partial charge in [0.2, 0.25) is 0 Å². The van der Waals surface area contributed by atoms with Crippen LogP contribution in [0.25, 0.3) is 111 Å². The van der Waals surface area contributed by atoms with E-state index >= 15 is 0 Å². The summed E-state index contributed by atoms with van der Waals surface area (Å²) in [6.45, 7) is 8.50. The van der Waals surface area contributed by atoms with Crippen molar-refractivity contribution in [3.05, 3.63) is 240 Å². The summed E-state index contributed by atoms with van der Waals surface area (Å²) < 4.78 is 47.9. The van der Waals surface area contributed by atoms with E-state index in [2.05, 4.69) is 201 Å². The molecule has 0 radical (unpaired) electrons. The number of benzene rings is 10. The minimum Gasteiger partial charge on any atom is -0.307 e. The smallest absolute Gasteiger partial charge is 0.307 e. The SMILES string of the molecule is Cc1ccccc1-c1ccc2c(c1)c1cc(-c3ccccc3C)ccc1n2-c1cc(C#N)c(-c2cccc(C(F)(F)F)c2)cc1-n1c2ccc(-c3ccccc3C)cc2c2cc(-c3ccccc3C)ccc21. The maximum Gasteiger partial charge on any atom is 0.416 e. The summed E-state index contributed by atoms with van der Waals surface area (Å²) in [6.07, 6.45) is -4.58. The van der Waals surface area contributed by atoms with Gasteiger partial charge in [0, 0.05) is 27.1 Å². The molecule has 6 heteroatoms. The Morgan fingerprint density at radius 3 is 1.01 bits per heavy atom. The second kappa shape index (κ2) is 17.2. The predicted molar refractivity (Wildman–Crippen MR) is 291 cm³/mol. The third-order valence-corrected chi connectivity index (χ3v) is 14.6. The summed E-state index contributed by atoms with van der Waals surface area (Å²) in [5, 5.41) is 15.2. The van der Waals surface area contributed by atoms with Crippen LogP contribution in [0.5, 0.6) is 0 Å². The number of nitrogens with zero attached hydrogens (tertiary/aromatic N) is 3. The Labute approximate surface area is 415 Å². The van der Waals surface area contributed by atoms with Gasteiger partial charge in [0.15, 0.2) is 0 Å². The van der Waals surface area contributed by atoms with Gasteiger partial charge in [0.1, 0.15) is 0 Å². The maximum absolute atomic E-state index is 14.5. The number of aromatic nitrogens is 2. The molecular weight excluding hydrogens is 892 g/mol. The molecule has 0 fully saturated rings. The van der Waals surface area contributed by atoms with E-state index in [0.29, 0.717) is 22.5 Å². The van der Waals surface area contributed by atoms with E-state index in [0.717, 1.165) is 123 Å². The van der Waals surface area contributed by atoms with Crippen LogP contribution < -0.4 is 0 Å². The molecular formula is C66H46F3N3. The van der Waals surface area contributed by atoms with Crippen molar-refractivity contribution in [2.24, 2.45) is 0 Å². The zero-order valence-electron chi connectivity index (χ0n) is 40.1. The molecule has 10 aromatic carbocycles. The molecule has 0 aliphatic heterocycles. The van der Waals surface area contributed by atoms with E-state index in [1.54, 1.807) is 6.07 Å². The van der Waals surface area contributed by atoms with Crippen molar-refractivity contribution < 1.29 is 13.2 Å². The number of rotatable bonds is 7. The van der Waals surface area contributed by atoms with Gasteiger partial charge in [0.05, 0.1) is 50.6 Å². The summed E-state index contributed by atoms with van der Waals surface area (Å²) in [4.78, 5) is 0. The normalized spacial score (nSPS) is 11.8. The minimum absolute atomic E-state index is 0.251. The highest BCUT2D eigenvalue weighted by Gasteiger charge is 2.31. The van der Waals surface area contributed by atoms with Crippen LogP contribution in [0.4, 0.5) is 13.2 Å². The molecule has 2 heterocycles. The third-order valence-electron chi connectivity index (χ3n) is 14.6. The van der Waals surface area contributed by atoms with Gasteiger partial charge >= 0.3 is 6.18 Å². The fraction of sp³-hybridized carbons (Fsp3) is 0.0758. The Balaban J connectivity index is 1.22. The van der Waals surface area contributed by atoms with E-state index in [-0.39, 0.29) is 5.56 Å². The van der Waals surface area contributed by atoms with E-state index in [9.17, 15) is 18.4 Å². The molecule has 12 rings (SSSR count). The first-order chi connectivity index (χ1) is 34.9. The highest BCUT2D eigenvalue weighted by molar-refractivity contribution is 6.14. The average molecular weight is 938 g/mol. The lowest BCUT2D eigenvalue weighted by Gasteiger charge is -2.20. The lowest BCUT2D eigenvalue weighted by molar-refractivity contribution is -0.137. The lowest BCUT2D eigenvalue weighted by Crippen LogP contribution is -2.07. The number of fused-ring (bicyclic) bond motifs is 6. The van der Waals surface area contributed by atoms with Gasteiger partial charge in [0.25, 0.3) is 0 Å². The number of hydrogen-bond donors (Lipinski definition) is 0. The van der Waals surface area contributed by atoms with E-state index in [4.69, 9.17) is 0 Å². The molecule has 0 saturated carbocycles. The van der Waals surface area contributed by atoms with Crippen molar-refractivity contribution in [2.45, 2.75) is 33.9 Å². The number of alkyl halides is 3. The fourth-order valence-electron chi connectivity index (χ4n) is 11.0. The molecule has 72 heavy (non-hydrogen) atoms. The molecule has 0 N–H and O–H groups in total. The van der Waals surface area contributed by atoms with Crippen LogP contribution in [-0.4, -0.2) is 9.13 Å². The van der Waals surface area contributed by atoms with E-state index in [1.807, 2.05) is 24.3 Å². The molecule has 2 aromatic heterocycles. The first kappa shape index (κ1) is 44.3. The third kappa shape index (κ3) is 7.36. The lowest BCUT2D eigenvalue weighted by atomic mass is 9.96. The van der Waals surface area contributed by atoms with Gasteiger partial charge < -0.3 is 9.13 Å². The minimum atomic E-state index is -4.58. The molecule has 0 atom stereocenters. The summed E-state index contributed by atoms with van der Waals surface area (Å²) in [6, 6.07) is 71.4. The average Bonchev–Trinajstić information content (AvgIpc) is 3.89. The summed E-state index contributed by atoms with van der Waals surface area (Å²) in [5.74, 6) is 0. The van der Waals surface area contributed by atoms with Crippen LogP contribution in [0.1, 0.15) is 33.4 Å². The van der Waals surface area contributed by atoms with E-state index < -0.39 is 11.7 Å². The van der Waals surface area contributed by atoms with Crippen molar-refractivity contribution in [1.29, 1.82) is 5.26 Å².